The van der Waals surface area contributed by atoms with Gasteiger partial charge in [0.2, 0.25) is 0 Å². The highest BCUT2D eigenvalue weighted by Crippen LogP contribution is 2.31. The number of piperidine rings is 1. The molecule has 0 saturated carbocycles. The lowest BCUT2D eigenvalue weighted by molar-refractivity contribution is 0.102. The third kappa shape index (κ3) is 3.85. The fourth-order valence-corrected chi connectivity index (χ4v) is 3.31. The van der Waals surface area contributed by atoms with Gasteiger partial charge in [-0.25, -0.2) is 8.78 Å². The van der Waals surface area contributed by atoms with E-state index in [0.717, 1.165) is 25.9 Å². The Morgan fingerprint density at radius 2 is 1.77 bits per heavy atom. The first-order chi connectivity index (χ1) is 12.5. The number of hydrogen-bond acceptors (Lipinski definition) is 3. The van der Waals surface area contributed by atoms with Gasteiger partial charge in [-0.05, 0) is 57.2 Å². The largest absolute Gasteiger partial charge is 0.367 e. The van der Waals surface area contributed by atoms with Gasteiger partial charge in [0, 0.05) is 18.7 Å². The predicted octanol–water partition coefficient (Wildman–Crippen LogP) is 3.75. The Hall–Kier alpha value is -2.47. The van der Waals surface area contributed by atoms with Crippen LogP contribution in [0.5, 0.6) is 0 Å². The van der Waals surface area contributed by atoms with Crippen molar-refractivity contribution in [2.45, 2.75) is 18.9 Å². The van der Waals surface area contributed by atoms with Crippen molar-refractivity contribution in [1.29, 1.82) is 0 Å². The van der Waals surface area contributed by atoms with Gasteiger partial charge in [-0.1, -0.05) is 18.2 Å². The molecule has 0 bridgehead atoms. The van der Waals surface area contributed by atoms with Crippen molar-refractivity contribution < 1.29 is 13.6 Å². The van der Waals surface area contributed by atoms with Crippen molar-refractivity contribution in [3.8, 4) is 0 Å². The summed E-state index contributed by atoms with van der Waals surface area (Å²) in [6.07, 6.45) is 1.68. The molecule has 26 heavy (non-hydrogen) atoms. The summed E-state index contributed by atoms with van der Waals surface area (Å²) in [5.41, 5.74) is 0.307. The van der Waals surface area contributed by atoms with Crippen LogP contribution in [0.1, 0.15) is 23.2 Å². The van der Waals surface area contributed by atoms with Gasteiger partial charge in [-0.2, -0.15) is 0 Å². The second-order valence-electron chi connectivity index (χ2n) is 6.72. The van der Waals surface area contributed by atoms with E-state index in [1.165, 1.54) is 12.1 Å². The fraction of sp³-hybridized carbons (Fsp3) is 0.350. The molecule has 0 radical (unpaired) electrons. The van der Waals surface area contributed by atoms with E-state index in [-0.39, 0.29) is 17.4 Å². The lowest BCUT2D eigenvalue weighted by atomic mass is 10.0. The van der Waals surface area contributed by atoms with Crippen molar-refractivity contribution in [2.75, 3.05) is 37.4 Å². The molecule has 3 rings (SSSR count). The number of benzene rings is 2. The van der Waals surface area contributed by atoms with Crippen LogP contribution in [0, 0.1) is 11.6 Å². The summed E-state index contributed by atoms with van der Waals surface area (Å²) >= 11 is 0. The molecule has 4 nitrogen and oxygen atoms in total. The lowest BCUT2D eigenvalue weighted by Gasteiger charge is -2.36. The van der Waals surface area contributed by atoms with Gasteiger partial charge in [-0.3, -0.25) is 4.79 Å². The van der Waals surface area contributed by atoms with Crippen LogP contribution in [0.25, 0.3) is 0 Å². The normalized spacial score (nSPS) is 15.7. The van der Waals surface area contributed by atoms with Gasteiger partial charge < -0.3 is 15.1 Å². The predicted molar refractivity (Wildman–Crippen MR) is 99.7 cm³/mol. The van der Waals surface area contributed by atoms with Gasteiger partial charge in [0.05, 0.1) is 5.69 Å². The number of nitrogens with zero attached hydrogens (tertiary/aromatic N) is 2. The van der Waals surface area contributed by atoms with Crippen LogP contribution < -0.4 is 10.2 Å². The smallest absolute Gasteiger partial charge is 0.255 e. The van der Waals surface area contributed by atoms with Crippen molar-refractivity contribution >= 4 is 17.3 Å². The van der Waals surface area contributed by atoms with Crippen molar-refractivity contribution in [3.63, 3.8) is 0 Å². The Morgan fingerprint density at radius 3 is 2.42 bits per heavy atom. The molecular weight excluding hydrogens is 336 g/mol. The number of rotatable bonds is 4. The molecule has 0 aliphatic carbocycles. The molecule has 0 atom stereocenters. The summed E-state index contributed by atoms with van der Waals surface area (Å²) in [5, 5.41) is 2.54. The maximum atomic E-state index is 15.0. The van der Waals surface area contributed by atoms with Crippen LogP contribution in [-0.4, -0.2) is 44.0 Å². The monoisotopic (exact) mass is 359 g/mol. The molecule has 1 heterocycles. The van der Waals surface area contributed by atoms with Gasteiger partial charge in [0.25, 0.3) is 5.91 Å². The number of carbonyl (C=O) groups is 1. The molecule has 1 saturated heterocycles. The molecule has 0 aromatic heterocycles. The first kappa shape index (κ1) is 18.3. The quantitative estimate of drug-likeness (QED) is 0.903. The van der Waals surface area contributed by atoms with Gasteiger partial charge in [0.15, 0.2) is 5.82 Å². The van der Waals surface area contributed by atoms with E-state index in [1.54, 1.807) is 42.3 Å². The van der Waals surface area contributed by atoms with Gasteiger partial charge >= 0.3 is 0 Å². The van der Waals surface area contributed by atoms with E-state index < -0.39 is 17.5 Å². The number of carbonyl (C=O) groups excluding carboxylic acids is 1. The molecule has 1 amide bonds. The van der Waals surface area contributed by atoms with Crippen LogP contribution >= 0.6 is 0 Å². The Balaban J connectivity index is 1.83. The molecule has 1 aliphatic heterocycles. The molecule has 2 aromatic carbocycles. The maximum Gasteiger partial charge on any atom is 0.255 e. The van der Waals surface area contributed by atoms with Crippen LogP contribution in [0.2, 0.25) is 0 Å². The zero-order chi connectivity index (χ0) is 18.7. The SMILES string of the molecule is CN1CCC(N(C)c2c(F)ccc(NC(=O)c3ccccc3)c2F)CC1. The molecule has 6 heteroatoms. The summed E-state index contributed by atoms with van der Waals surface area (Å²) < 4.78 is 29.4. The Kier molecular flexibility index (Phi) is 5.52. The average Bonchev–Trinajstić information content (AvgIpc) is 2.65. The molecule has 0 unspecified atom stereocenters. The van der Waals surface area contributed by atoms with Gasteiger partial charge in [0.1, 0.15) is 11.5 Å². The summed E-state index contributed by atoms with van der Waals surface area (Å²) in [5.74, 6) is -1.79. The molecule has 1 fully saturated rings. The van der Waals surface area contributed by atoms with E-state index in [2.05, 4.69) is 10.2 Å². The molecule has 2 aromatic rings. The fourth-order valence-electron chi connectivity index (χ4n) is 3.31. The minimum absolute atomic E-state index is 0.0185. The molecule has 138 valence electrons. The number of hydrogen-bond donors (Lipinski definition) is 1. The molecule has 1 aliphatic rings. The topological polar surface area (TPSA) is 35.6 Å². The Labute approximate surface area is 152 Å². The highest BCUT2D eigenvalue weighted by atomic mass is 19.1. The zero-order valence-electron chi connectivity index (χ0n) is 15.0. The second-order valence-corrected chi connectivity index (χ2v) is 6.72. The van der Waals surface area contributed by atoms with Gasteiger partial charge in [-0.15, -0.1) is 0 Å². The summed E-state index contributed by atoms with van der Waals surface area (Å²) in [7, 11) is 3.75. The number of likely N-dealkylation sites (tertiary alicyclic amines) is 1. The number of amides is 1. The minimum Gasteiger partial charge on any atom is -0.367 e. The summed E-state index contributed by atoms with van der Waals surface area (Å²) in [6, 6.07) is 11.1. The van der Waals surface area contributed by atoms with E-state index in [0.29, 0.717) is 5.56 Å². The van der Waals surface area contributed by atoms with Crippen molar-refractivity contribution in [3.05, 3.63) is 59.7 Å². The van der Waals surface area contributed by atoms with Crippen LogP contribution in [-0.2, 0) is 0 Å². The van der Waals surface area contributed by atoms with Crippen LogP contribution in [0.3, 0.4) is 0 Å². The average molecular weight is 359 g/mol. The summed E-state index contributed by atoms with van der Waals surface area (Å²) in [6.45, 7) is 1.78. The summed E-state index contributed by atoms with van der Waals surface area (Å²) in [4.78, 5) is 16.1. The zero-order valence-corrected chi connectivity index (χ0v) is 15.0. The third-order valence-corrected chi connectivity index (χ3v) is 4.94. The first-order valence-corrected chi connectivity index (χ1v) is 8.73. The highest BCUT2D eigenvalue weighted by molar-refractivity contribution is 6.04. The van der Waals surface area contributed by atoms with Crippen molar-refractivity contribution in [2.24, 2.45) is 0 Å². The van der Waals surface area contributed by atoms with E-state index in [9.17, 15) is 13.6 Å². The second kappa shape index (κ2) is 7.83. The first-order valence-electron chi connectivity index (χ1n) is 8.73. The Morgan fingerprint density at radius 1 is 1.12 bits per heavy atom. The number of halogens is 2. The van der Waals surface area contributed by atoms with Crippen molar-refractivity contribution in [1.82, 2.24) is 4.90 Å². The molecular formula is C20H23F2N3O. The maximum absolute atomic E-state index is 15.0. The van der Waals surface area contributed by atoms with E-state index in [1.807, 2.05) is 7.05 Å². The van der Waals surface area contributed by atoms with Crippen LogP contribution in [0.4, 0.5) is 20.2 Å². The van der Waals surface area contributed by atoms with E-state index in [4.69, 9.17) is 0 Å². The van der Waals surface area contributed by atoms with E-state index >= 15 is 0 Å². The Bertz CT molecular complexity index is 774. The molecule has 1 N–H and O–H groups in total. The minimum atomic E-state index is -0.740. The number of anilines is 2. The standard InChI is InChI=1S/C20H23F2N3O/c1-24-12-10-15(11-13-24)25(2)19-16(21)8-9-17(18(19)22)23-20(26)14-6-4-3-5-7-14/h3-9,15H,10-13H2,1-2H3,(H,23,26). The third-order valence-electron chi connectivity index (χ3n) is 4.94. The lowest BCUT2D eigenvalue weighted by Crippen LogP contribution is -2.42. The highest BCUT2D eigenvalue weighted by Gasteiger charge is 2.26. The number of nitrogens with one attached hydrogen (secondary N) is 1. The van der Waals surface area contributed by atoms with Crippen LogP contribution in [0.15, 0.2) is 42.5 Å². The molecule has 0 spiro atoms.